The number of hydrogen-bond donors (Lipinski definition) is 2. The molecule has 0 atom stereocenters. The molecule has 1 aromatic rings. The molecule has 0 saturated carbocycles. The van der Waals surface area contributed by atoms with Gasteiger partial charge >= 0.3 is 0 Å². The summed E-state index contributed by atoms with van der Waals surface area (Å²) < 4.78 is 21.9. The molecule has 2 rings (SSSR count). The summed E-state index contributed by atoms with van der Waals surface area (Å²) in [5.41, 5.74) is 0.372. The summed E-state index contributed by atoms with van der Waals surface area (Å²) in [6, 6.07) is 6.40. The van der Waals surface area contributed by atoms with Crippen LogP contribution in [0.1, 0.15) is 15.9 Å². The van der Waals surface area contributed by atoms with Crippen molar-refractivity contribution < 1.29 is 13.2 Å². The maximum atomic E-state index is 11.5. The Bertz CT molecular complexity index is 562. The number of carbonyl (C=O) groups excluding carboxylic acids is 1. The number of hydrogen-bond acceptors (Lipinski definition) is 4. The molecule has 76 valence electrons. The molecule has 1 aromatic carbocycles. The van der Waals surface area contributed by atoms with Crippen molar-refractivity contribution in [3.63, 3.8) is 0 Å². The number of thiol groups is 1. The van der Waals surface area contributed by atoms with E-state index in [1.165, 1.54) is 6.07 Å². The topological polar surface area (TPSA) is 75.1 Å². The first kappa shape index (κ1) is 9.79. The Morgan fingerprint density at radius 2 is 1.67 bits per heavy atom. The number of Topliss-reactive ketones (excluding diaryl/α,β-unsaturated/α-hetero) is 1. The number of fused-ring (bicyclic) bond motifs is 1. The van der Waals surface area contributed by atoms with Crippen molar-refractivity contribution in [2.24, 2.45) is 0 Å². The van der Waals surface area contributed by atoms with Gasteiger partial charge in [-0.2, -0.15) is 0 Å². The van der Waals surface area contributed by atoms with E-state index in [4.69, 9.17) is 5.41 Å². The second kappa shape index (κ2) is 3.43. The van der Waals surface area contributed by atoms with E-state index in [9.17, 15) is 13.2 Å². The largest absolute Gasteiger partial charge is 0.297 e. The summed E-state index contributed by atoms with van der Waals surface area (Å²) in [6.07, 6.45) is 1.09. The van der Waals surface area contributed by atoms with Crippen LogP contribution in [0.15, 0.2) is 30.3 Å². The van der Waals surface area contributed by atoms with E-state index in [1.807, 2.05) is 0 Å². The fourth-order valence-corrected chi connectivity index (χ4v) is 2.11. The molecule has 1 aliphatic rings. The van der Waals surface area contributed by atoms with Crippen molar-refractivity contribution in [1.29, 1.82) is 5.41 Å². The molecule has 4 nitrogen and oxygen atoms in total. The van der Waals surface area contributed by atoms with Crippen LogP contribution in [-0.2, 0) is 10.7 Å². The predicted molar refractivity (Wildman–Crippen MR) is 56.8 cm³/mol. The van der Waals surface area contributed by atoms with Crippen LogP contribution in [-0.4, -0.2) is 19.9 Å². The number of rotatable bonds is 1. The molecule has 0 fully saturated rings. The zero-order valence-electron chi connectivity index (χ0n) is 7.56. The molecule has 0 aliphatic heterocycles. The fraction of sp³-hybridized carbons (Fsp3) is 0. The Balaban J connectivity index is 2.77. The lowest BCUT2D eigenvalue weighted by molar-refractivity contribution is 0.106. The van der Waals surface area contributed by atoms with Gasteiger partial charge < -0.3 is 0 Å². The Labute approximate surface area is 87.7 Å². The Hall–Kier alpha value is -1.75. The minimum Gasteiger partial charge on any atom is -0.297 e. The van der Waals surface area contributed by atoms with E-state index in [0.717, 1.165) is 6.08 Å². The average molecular weight is 221 g/mol. The second-order valence-electron chi connectivity index (χ2n) is 3.08. The molecule has 0 heterocycles. The lowest BCUT2D eigenvalue weighted by Gasteiger charge is -2.12. The molecule has 0 aromatic heterocycles. The van der Waals surface area contributed by atoms with Gasteiger partial charge in [-0.3, -0.25) is 10.2 Å². The molecule has 0 amide bonds. The highest BCUT2D eigenvalue weighted by Crippen LogP contribution is 2.25. The summed E-state index contributed by atoms with van der Waals surface area (Å²) in [4.78, 5) is 11.6. The van der Waals surface area contributed by atoms with Crippen molar-refractivity contribution in [2.45, 2.75) is 0 Å². The molecule has 0 unspecified atom stereocenters. The number of ketones is 1. The minimum atomic E-state index is -2.78. The monoisotopic (exact) mass is 221 g/mol. The van der Waals surface area contributed by atoms with Crippen molar-refractivity contribution in [1.82, 2.24) is 0 Å². The molecule has 1 aliphatic carbocycles. The van der Waals surface area contributed by atoms with Crippen molar-refractivity contribution in [3.8, 4) is 0 Å². The molecule has 15 heavy (non-hydrogen) atoms. The Kier molecular flexibility index (Phi) is 2.24. The maximum absolute atomic E-state index is 11.5. The summed E-state index contributed by atoms with van der Waals surface area (Å²) in [5.74, 6) is -0.439. The highest BCUT2D eigenvalue weighted by atomic mass is 32.2. The molecule has 1 N–H and O–H groups in total. The zero-order valence-corrected chi connectivity index (χ0v) is 8.45. The number of benzene rings is 1. The van der Waals surface area contributed by atoms with Gasteiger partial charge in [0.1, 0.15) is 5.71 Å². The highest BCUT2D eigenvalue weighted by molar-refractivity contribution is 7.83. The molecule has 0 spiro atoms. The zero-order chi connectivity index (χ0) is 11.0. The molecular formula is C10H7NO3S. The van der Waals surface area contributed by atoms with Gasteiger partial charge in [-0.25, -0.2) is 8.42 Å². The van der Waals surface area contributed by atoms with E-state index in [1.54, 1.807) is 18.2 Å². The first-order valence-electron chi connectivity index (χ1n) is 4.20. The van der Waals surface area contributed by atoms with Gasteiger partial charge in [0, 0.05) is 11.1 Å². The van der Waals surface area contributed by atoms with Gasteiger partial charge in [0.25, 0.3) is 0 Å². The standard InChI is InChI=1S/C10H7NO3S/c11-8-5-9(15(13)14)6-3-1-2-4-7(6)10(8)12/h1-5,11,15H. The van der Waals surface area contributed by atoms with E-state index in [-0.39, 0.29) is 16.2 Å². The summed E-state index contributed by atoms with van der Waals surface area (Å²) in [7, 11) is -2.78. The fourth-order valence-electron chi connectivity index (χ4n) is 1.48. The van der Waals surface area contributed by atoms with E-state index in [2.05, 4.69) is 0 Å². The van der Waals surface area contributed by atoms with Crippen LogP contribution in [0.4, 0.5) is 0 Å². The molecular weight excluding hydrogens is 214 g/mol. The number of allylic oxidation sites excluding steroid dienone is 1. The van der Waals surface area contributed by atoms with Gasteiger partial charge in [0.05, 0.1) is 4.91 Å². The predicted octanol–water partition coefficient (Wildman–Crippen LogP) is 0.855. The average Bonchev–Trinajstić information content (AvgIpc) is 2.23. The summed E-state index contributed by atoms with van der Waals surface area (Å²) in [6.45, 7) is 0. The van der Waals surface area contributed by atoms with Crippen LogP contribution in [0, 0.1) is 5.41 Å². The van der Waals surface area contributed by atoms with Gasteiger partial charge in [-0.05, 0) is 6.08 Å². The van der Waals surface area contributed by atoms with E-state index >= 15 is 0 Å². The van der Waals surface area contributed by atoms with Crippen LogP contribution in [0.25, 0.3) is 4.91 Å². The van der Waals surface area contributed by atoms with Crippen molar-refractivity contribution in [3.05, 3.63) is 41.5 Å². The first-order chi connectivity index (χ1) is 7.11. The second-order valence-corrected chi connectivity index (χ2v) is 4.07. The van der Waals surface area contributed by atoms with Gasteiger partial charge in [0.15, 0.2) is 10.7 Å². The van der Waals surface area contributed by atoms with Crippen molar-refractivity contribution >= 4 is 27.1 Å². The van der Waals surface area contributed by atoms with Crippen LogP contribution in [0.2, 0.25) is 0 Å². The Morgan fingerprint density at radius 1 is 1.07 bits per heavy atom. The smallest absolute Gasteiger partial charge is 0.211 e. The SMILES string of the molecule is N=C1C=C([SH](=O)=O)c2ccccc2C1=O. The molecule has 0 saturated heterocycles. The van der Waals surface area contributed by atoms with Crippen LogP contribution < -0.4 is 0 Å². The highest BCUT2D eigenvalue weighted by Gasteiger charge is 2.23. The third kappa shape index (κ3) is 1.50. The third-order valence-corrected chi connectivity index (χ3v) is 2.93. The summed E-state index contributed by atoms with van der Waals surface area (Å²) in [5, 5.41) is 7.36. The quantitative estimate of drug-likeness (QED) is 0.690. The normalized spacial score (nSPS) is 15.1. The third-order valence-electron chi connectivity index (χ3n) is 2.17. The number of nitrogens with one attached hydrogen (secondary N) is 1. The van der Waals surface area contributed by atoms with Crippen molar-refractivity contribution in [2.75, 3.05) is 0 Å². The maximum Gasteiger partial charge on any atom is 0.211 e. The summed E-state index contributed by atoms with van der Waals surface area (Å²) >= 11 is 0. The Morgan fingerprint density at radius 3 is 2.27 bits per heavy atom. The molecule has 5 heteroatoms. The molecule has 0 bridgehead atoms. The first-order valence-corrected chi connectivity index (χ1v) is 5.38. The molecule has 0 radical (unpaired) electrons. The minimum absolute atomic E-state index is 0.0326. The number of carbonyl (C=O) groups is 1. The van der Waals surface area contributed by atoms with Gasteiger partial charge in [-0.1, -0.05) is 24.3 Å². The van der Waals surface area contributed by atoms with Gasteiger partial charge in [0.2, 0.25) is 5.78 Å². The van der Waals surface area contributed by atoms with Crippen LogP contribution in [0.3, 0.4) is 0 Å². The van der Waals surface area contributed by atoms with Crippen LogP contribution >= 0.6 is 0 Å². The van der Waals surface area contributed by atoms with E-state index in [0.29, 0.717) is 5.56 Å². The van der Waals surface area contributed by atoms with Crippen LogP contribution in [0.5, 0.6) is 0 Å². The lowest BCUT2D eigenvalue weighted by Crippen LogP contribution is -2.18. The van der Waals surface area contributed by atoms with E-state index < -0.39 is 16.5 Å². The van der Waals surface area contributed by atoms with Gasteiger partial charge in [-0.15, -0.1) is 0 Å². The lowest BCUT2D eigenvalue weighted by atomic mass is 9.95.